The molecule has 1 unspecified atom stereocenters. The van der Waals surface area contributed by atoms with Gasteiger partial charge >= 0.3 is 0 Å². The minimum Gasteiger partial charge on any atom is -0.388 e. The molecule has 2 aromatic rings. The molecule has 2 rings (SSSR count). The van der Waals surface area contributed by atoms with Crippen molar-refractivity contribution < 1.29 is 5.11 Å². The highest BCUT2D eigenvalue weighted by molar-refractivity contribution is 5.15. The summed E-state index contributed by atoms with van der Waals surface area (Å²) < 4.78 is 1.73. The Bertz CT molecular complexity index is 424. The number of nitrogens with zero attached hydrogens (tertiary/aromatic N) is 3. The first-order chi connectivity index (χ1) is 7.25. The largest absolute Gasteiger partial charge is 0.388 e. The summed E-state index contributed by atoms with van der Waals surface area (Å²) in [4.78, 5) is 3.91. The maximum Gasteiger partial charge on any atom is 0.0847 e. The Hall–Kier alpha value is -1.68. The van der Waals surface area contributed by atoms with Crippen LogP contribution in [-0.2, 0) is 13.5 Å². The van der Waals surface area contributed by atoms with Gasteiger partial charge in [0.2, 0.25) is 0 Å². The third-order valence-electron chi connectivity index (χ3n) is 2.26. The minimum absolute atomic E-state index is 0.511. The van der Waals surface area contributed by atoms with Gasteiger partial charge in [0, 0.05) is 32.1 Å². The molecule has 0 aliphatic carbocycles. The van der Waals surface area contributed by atoms with Crippen LogP contribution in [0.1, 0.15) is 17.4 Å². The average molecular weight is 203 g/mol. The zero-order chi connectivity index (χ0) is 10.7. The molecule has 4 nitrogen and oxygen atoms in total. The van der Waals surface area contributed by atoms with Gasteiger partial charge in [0.05, 0.1) is 11.8 Å². The van der Waals surface area contributed by atoms with Gasteiger partial charge in [0.25, 0.3) is 0 Å². The summed E-state index contributed by atoms with van der Waals surface area (Å²) in [6.07, 6.45) is 5.25. The smallest absolute Gasteiger partial charge is 0.0847 e. The van der Waals surface area contributed by atoms with Gasteiger partial charge in [0.15, 0.2) is 0 Å². The normalized spacial score (nSPS) is 12.7. The van der Waals surface area contributed by atoms with E-state index in [4.69, 9.17) is 0 Å². The second-order valence-corrected chi connectivity index (χ2v) is 3.48. The molecule has 1 N–H and O–H groups in total. The van der Waals surface area contributed by atoms with Crippen molar-refractivity contribution in [1.29, 1.82) is 0 Å². The van der Waals surface area contributed by atoms with Gasteiger partial charge in [0.1, 0.15) is 0 Å². The molecule has 0 saturated carbocycles. The summed E-state index contributed by atoms with van der Waals surface area (Å²) in [5.41, 5.74) is 1.76. The van der Waals surface area contributed by atoms with E-state index in [1.54, 1.807) is 17.1 Å². The highest BCUT2D eigenvalue weighted by Crippen LogP contribution is 2.15. The van der Waals surface area contributed by atoms with Crippen molar-refractivity contribution in [3.05, 3.63) is 48.0 Å². The van der Waals surface area contributed by atoms with Crippen LogP contribution in [0.2, 0.25) is 0 Å². The number of hydrogen-bond acceptors (Lipinski definition) is 3. The van der Waals surface area contributed by atoms with E-state index in [-0.39, 0.29) is 0 Å². The van der Waals surface area contributed by atoms with E-state index in [2.05, 4.69) is 10.1 Å². The molecule has 78 valence electrons. The molecule has 0 radical (unpaired) electrons. The fraction of sp³-hybridized carbons (Fsp3) is 0.273. The Kier molecular flexibility index (Phi) is 2.78. The molecule has 0 amide bonds. The van der Waals surface area contributed by atoms with Gasteiger partial charge in [-0.05, 0) is 23.8 Å². The van der Waals surface area contributed by atoms with Crippen LogP contribution in [0.4, 0.5) is 0 Å². The second-order valence-electron chi connectivity index (χ2n) is 3.48. The van der Waals surface area contributed by atoms with Crippen LogP contribution in [0.5, 0.6) is 0 Å². The van der Waals surface area contributed by atoms with Crippen LogP contribution in [-0.4, -0.2) is 19.9 Å². The first-order valence-corrected chi connectivity index (χ1v) is 4.82. The molecule has 0 fully saturated rings. The molecule has 15 heavy (non-hydrogen) atoms. The molecule has 1 atom stereocenters. The molecule has 0 aliphatic heterocycles. The number of pyridine rings is 1. The van der Waals surface area contributed by atoms with E-state index in [0.29, 0.717) is 6.42 Å². The fourth-order valence-corrected chi connectivity index (χ4v) is 1.47. The number of hydrogen-bond donors (Lipinski definition) is 1. The van der Waals surface area contributed by atoms with Crippen LogP contribution in [0, 0.1) is 0 Å². The molecule has 2 heterocycles. The lowest BCUT2D eigenvalue weighted by Gasteiger charge is -2.08. The summed E-state index contributed by atoms with van der Waals surface area (Å²) in [6.45, 7) is 0. The lowest BCUT2D eigenvalue weighted by atomic mass is 10.1. The van der Waals surface area contributed by atoms with E-state index < -0.39 is 6.10 Å². The highest BCUT2D eigenvalue weighted by Gasteiger charge is 2.09. The molecule has 0 spiro atoms. The van der Waals surface area contributed by atoms with Crippen LogP contribution < -0.4 is 0 Å². The summed E-state index contributed by atoms with van der Waals surface area (Å²) in [6, 6.07) is 5.53. The predicted octanol–water partition coefficient (Wildman–Crippen LogP) is 1.09. The van der Waals surface area contributed by atoms with Crippen LogP contribution >= 0.6 is 0 Å². The van der Waals surface area contributed by atoms with Crippen LogP contribution in [0.3, 0.4) is 0 Å². The maximum absolute atomic E-state index is 9.91. The first kappa shape index (κ1) is 9.86. The molecule has 2 aromatic heterocycles. The standard InChI is InChI=1S/C11H13N3O/c1-14-7-4-10(13-14)8-11(15)9-2-5-12-6-3-9/h2-7,11,15H,8H2,1H3. The van der Waals surface area contributed by atoms with Crippen molar-refractivity contribution in [3.8, 4) is 0 Å². The molecule has 0 aromatic carbocycles. The predicted molar refractivity (Wildman–Crippen MR) is 56.1 cm³/mol. The third-order valence-corrected chi connectivity index (χ3v) is 2.26. The van der Waals surface area contributed by atoms with Gasteiger partial charge in [-0.3, -0.25) is 9.67 Å². The Morgan fingerprint density at radius 2 is 2.07 bits per heavy atom. The quantitative estimate of drug-likeness (QED) is 0.812. The van der Waals surface area contributed by atoms with Crippen molar-refractivity contribution in [2.75, 3.05) is 0 Å². The Morgan fingerprint density at radius 1 is 1.33 bits per heavy atom. The van der Waals surface area contributed by atoms with Crippen LogP contribution in [0.15, 0.2) is 36.8 Å². The Morgan fingerprint density at radius 3 is 2.67 bits per heavy atom. The topological polar surface area (TPSA) is 50.9 Å². The SMILES string of the molecule is Cn1ccc(CC(O)c2ccncc2)n1. The van der Waals surface area contributed by atoms with Crippen molar-refractivity contribution in [2.24, 2.45) is 7.05 Å². The fourth-order valence-electron chi connectivity index (χ4n) is 1.47. The van der Waals surface area contributed by atoms with Gasteiger partial charge in [-0.15, -0.1) is 0 Å². The zero-order valence-corrected chi connectivity index (χ0v) is 8.54. The van der Waals surface area contributed by atoms with Crippen molar-refractivity contribution >= 4 is 0 Å². The molecule has 0 saturated heterocycles. The lowest BCUT2D eigenvalue weighted by molar-refractivity contribution is 0.177. The highest BCUT2D eigenvalue weighted by atomic mass is 16.3. The minimum atomic E-state index is -0.511. The summed E-state index contributed by atoms with van der Waals surface area (Å²) in [5.74, 6) is 0. The van der Waals surface area contributed by atoms with E-state index in [1.165, 1.54) is 0 Å². The van der Waals surface area contributed by atoms with E-state index in [1.807, 2.05) is 31.4 Å². The Balaban J connectivity index is 2.07. The number of aryl methyl sites for hydroxylation is 1. The summed E-state index contributed by atoms with van der Waals surface area (Å²) in [7, 11) is 1.86. The van der Waals surface area contributed by atoms with E-state index in [0.717, 1.165) is 11.3 Å². The van der Waals surface area contributed by atoms with Crippen molar-refractivity contribution in [2.45, 2.75) is 12.5 Å². The van der Waals surface area contributed by atoms with E-state index in [9.17, 15) is 5.11 Å². The van der Waals surface area contributed by atoms with Gasteiger partial charge in [-0.2, -0.15) is 5.10 Å². The molecule has 0 aliphatic rings. The third kappa shape index (κ3) is 2.41. The van der Waals surface area contributed by atoms with Crippen molar-refractivity contribution in [3.63, 3.8) is 0 Å². The monoisotopic (exact) mass is 203 g/mol. The number of aliphatic hydroxyl groups excluding tert-OH is 1. The summed E-state index contributed by atoms with van der Waals surface area (Å²) >= 11 is 0. The van der Waals surface area contributed by atoms with Gasteiger partial charge in [-0.25, -0.2) is 0 Å². The van der Waals surface area contributed by atoms with E-state index >= 15 is 0 Å². The van der Waals surface area contributed by atoms with Crippen molar-refractivity contribution in [1.82, 2.24) is 14.8 Å². The number of rotatable bonds is 3. The molecule has 4 heteroatoms. The van der Waals surface area contributed by atoms with Gasteiger partial charge in [-0.1, -0.05) is 0 Å². The first-order valence-electron chi connectivity index (χ1n) is 4.82. The summed E-state index contributed by atoms with van der Waals surface area (Å²) in [5, 5.41) is 14.1. The van der Waals surface area contributed by atoms with Crippen LogP contribution in [0.25, 0.3) is 0 Å². The zero-order valence-electron chi connectivity index (χ0n) is 8.54. The Labute approximate surface area is 88.2 Å². The number of aromatic nitrogens is 3. The lowest BCUT2D eigenvalue weighted by Crippen LogP contribution is -2.03. The number of aliphatic hydroxyl groups is 1. The maximum atomic E-state index is 9.91. The average Bonchev–Trinajstić information content (AvgIpc) is 2.65. The second kappa shape index (κ2) is 4.23. The molecular weight excluding hydrogens is 190 g/mol. The molecule has 0 bridgehead atoms. The van der Waals surface area contributed by atoms with Gasteiger partial charge < -0.3 is 5.11 Å². The molecular formula is C11H13N3O.